The molecule has 1 atom stereocenters. The van der Waals surface area contributed by atoms with Gasteiger partial charge in [-0.1, -0.05) is 17.7 Å². The number of amides is 2. The van der Waals surface area contributed by atoms with E-state index in [-0.39, 0.29) is 22.2 Å². The van der Waals surface area contributed by atoms with Crippen LogP contribution in [0.25, 0.3) is 0 Å². The van der Waals surface area contributed by atoms with Gasteiger partial charge in [0, 0.05) is 39.0 Å². The Morgan fingerprint density at radius 2 is 1.85 bits per heavy atom. The minimum atomic E-state index is -3.70. The molecule has 0 spiro atoms. The molecule has 0 saturated carbocycles. The number of piperazine rings is 1. The summed E-state index contributed by atoms with van der Waals surface area (Å²) in [4.78, 5) is 28.7. The van der Waals surface area contributed by atoms with Gasteiger partial charge in [0.25, 0.3) is 5.91 Å². The topological polar surface area (TPSA) is 86.8 Å². The number of nitrogens with one attached hydrogen (secondary N) is 1. The molecule has 2 heterocycles. The van der Waals surface area contributed by atoms with E-state index in [4.69, 9.17) is 11.6 Å². The maximum absolute atomic E-state index is 14.0. The maximum atomic E-state index is 14.0. The minimum absolute atomic E-state index is 0.0734. The lowest BCUT2D eigenvalue weighted by molar-refractivity contribution is -0.120. The van der Waals surface area contributed by atoms with E-state index in [1.165, 1.54) is 18.2 Å². The molecule has 1 N–H and O–H groups in total. The molecule has 2 amide bonds. The molecule has 176 valence electrons. The van der Waals surface area contributed by atoms with Crippen LogP contribution in [0.3, 0.4) is 0 Å². The summed E-state index contributed by atoms with van der Waals surface area (Å²) in [6, 6.07) is 7.58. The van der Waals surface area contributed by atoms with Gasteiger partial charge in [0.15, 0.2) is 9.84 Å². The van der Waals surface area contributed by atoms with Crippen molar-refractivity contribution in [2.24, 2.45) is 0 Å². The summed E-state index contributed by atoms with van der Waals surface area (Å²) in [7, 11) is -3.70. The molecule has 1 unspecified atom stereocenters. The second-order valence-corrected chi connectivity index (χ2v) is 10.9. The van der Waals surface area contributed by atoms with Crippen molar-refractivity contribution in [1.82, 2.24) is 10.2 Å². The van der Waals surface area contributed by atoms with Crippen LogP contribution in [0.5, 0.6) is 0 Å². The largest absolute Gasteiger partial charge is 0.367 e. The number of anilines is 1. The number of hydrogen-bond donors (Lipinski definition) is 1. The van der Waals surface area contributed by atoms with Gasteiger partial charge in [-0.3, -0.25) is 9.59 Å². The van der Waals surface area contributed by atoms with Crippen LogP contribution in [0.4, 0.5) is 10.1 Å². The van der Waals surface area contributed by atoms with E-state index in [0.29, 0.717) is 61.0 Å². The predicted molar refractivity (Wildman–Crippen MR) is 124 cm³/mol. The first-order valence-electron chi connectivity index (χ1n) is 10.7. The number of aryl methyl sites for hydroxylation is 1. The molecule has 2 aromatic rings. The Morgan fingerprint density at radius 1 is 1.15 bits per heavy atom. The van der Waals surface area contributed by atoms with Crippen LogP contribution < -0.4 is 10.2 Å². The minimum Gasteiger partial charge on any atom is -0.367 e. The summed E-state index contributed by atoms with van der Waals surface area (Å²) in [5, 5.41) is 3.19. The van der Waals surface area contributed by atoms with Crippen LogP contribution in [0.2, 0.25) is 5.02 Å². The van der Waals surface area contributed by atoms with Crippen LogP contribution in [0, 0.1) is 12.7 Å². The van der Waals surface area contributed by atoms with Crippen LogP contribution in [-0.2, 0) is 14.6 Å². The first-order valence-corrected chi connectivity index (χ1v) is 12.9. The van der Waals surface area contributed by atoms with E-state index in [2.05, 4.69) is 5.32 Å². The van der Waals surface area contributed by atoms with Crippen molar-refractivity contribution in [3.63, 3.8) is 0 Å². The van der Waals surface area contributed by atoms with Crippen LogP contribution in [0.1, 0.15) is 33.8 Å². The number of benzene rings is 2. The Bertz CT molecular complexity index is 1230. The lowest BCUT2D eigenvalue weighted by Gasteiger charge is -2.36. The molecule has 2 aliphatic rings. The van der Waals surface area contributed by atoms with Crippen molar-refractivity contribution < 1.29 is 22.4 Å². The van der Waals surface area contributed by atoms with Gasteiger partial charge in [0.05, 0.1) is 27.1 Å². The number of halogens is 2. The third-order valence-electron chi connectivity index (χ3n) is 6.22. The molecule has 2 aromatic carbocycles. The van der Waals surface area contributed by atoms with E-state index in [0.717, 1.165) is 6.26 Å². The summed E-state index contributed by atoms with van der Waals surface area (Å²) in [6.45, 7) is 3.72. The third-order valence-corrected chi connectivity index (χ3v) is 7.66. The van der Waals surface area contributed by atoms with Gasteiger partial charge >= 0.3 is 0 Å². The van der Waals surface area contributed by atoms with Crippen molar-refractivity contribution in [3.8, 4) is 0 Å². The zero-order valence-electron chi connectivity index (χ0n) is 18.4. The lowest BCUT2D eigenvalue weighted by atomic mass is 9.96. The lowest BCUT2D eigenvalue weighted by Crippen LogP contribution is -2.49. The molecule has 4 rings (SSSR count). The zero-order valence-corrected chi connectivity index (χ0v) is 20.0. The Balaban J connectivity index is 1.55. The number of carbonyl (C=O) groups excluding carboxylic acids is 2. The highest BCUT2D eigenvalue weighted by atomic mass is 35.5. The highest BCUT2D eigenvalue weighted by Crippen LogP contribution is 2.31. The molecular formula is C23H25ClFN3O4S. The van der Waals surface area contributed by atoms with Gasteiger partial charge in [-0.2, -0.15) is 0 Å². The summed E-state index contributed by atoms with van der Waals surface area (Å²) >= 11 is 6.30. The molecule has 0 aromatic heterocycles. The molecular weight excluding hydrogens is 469 g/mol. The monoisotopic (exact) mass is 493 g/mol. The summed E-state index contributed by atoms with van der Waals surface area (Å²) < 4.78 is 39.0. The SMILES string of the molecule is Cc1cc(Cl)c(N2CCN(C(=O)c3ccc(C4CCNC4=O)cc3S(C)(=O)=O)CC2)cc1F. The summed E-state index contributed by atoms with van der Waals surface area (Å²) in [6.07, 6.45) is 1.64. The fourth-order valence-electron chi connectivity index (χ4n) is 4.35. The Labute approximate surface area is 197 Å². The van der Waals surface area contributed by atoms with E-state index in [9.17, 15) is 22.4 Å². The van der Waals surface area contributed by atoms with Gasteiger partial charge in [-0.05, 0) is 48.7 Å². The molecule has 0 radical (unpaired) electrons. The fraction of sp³-hybridized carbons (Fsp3) is 0.391. The van der Waals surface area contributed by atoms with Gasteiger partial charge < -0.3 is 15.1 Å². The normalized spacial score (nSPS) is 19.0. The Hall–Kier alpha value is -2.65. The van der Waals surface area contributed by atoms with Crippen molar-refractivity contribution >= 4 is 38.9 Å². The van der Waals surface area contributed by atoms with Crippen molar-refractivity contribution in [2.75, 3.05) is 43.9 Å². The zero-order chi connectivity index (χ0) is 23.9. The van der Waals surface area contributed by atoms with Crippen LogP contribution >= 0.6 is 11.6 Å². The van der Waals surface area contributed by atoms with Crippen molar-refractivity contribution in [2.45, 2.75) is 24.2 Å². The molecule has 10 heteroatoms. The van der Waals surface area contributed by atoms with E-state index in [1.54, 1.807) is 24.0 Å². The summed E-state index contributed by atoms with van der Waals surface area (Å²) in [5.41, 5.74) is 1.71. The average molecular weight is 494 g/mol. The Kier molecular flexibility index (Phi) is 6.37. The average Bonchev–Trinajstić information content (AvgIpc) is 3.21. The standard InChI is InChI=1S/C23H25ClFN3O4S/c1-14-11-18(24)20(13-19(14)25)27-7-9-28(10-8-27)23(30)17-4-3-15(12-21(17)33(2,31)32)16-5-6-26-22(16)29/h3-4,11-13,16H,5-10H2,1-2H3,(H,26,29). The van der Waals surface area contributed by atoms with Gasteiger partial charge in [-0.25, -0.2) is 12.8 Å². The summed E-state index contributed by atoms with van der Waals surface area (Å²) in [5.74, 6) is -1.30. The van der Waals surface area contributed by atoms with E-state index in [1.807, 2.05) is 4.90 Å². The number of sulfone groups is 1. The molecule has 2 aliphatic heterocycles. The van der Waals surface area contributed by atoms with Gasteiger partial charge in [-0.15, -0.1) is 0 Å². The van der Waals surface area contributed by atoms with E-state index >= 15 is 0 Å². The maximum Gasteiger partial charge on any atom is 0.255 e. The smallest absolute Gasteiger partial charge is 0.255 e. The van der Waals surface area contributed by atoms with Crippen LogP contribution in [0.15, 0.2) is 35.2 Å². The quantitative estimate of drug-likeness (QED) is 0.707. The molecule has 2 saturated heterocycles. The second kappa shape index (κ2) is 8.95. The first-order chi connectivity index (χ1) is 15.6. The predicted octanol–water partition coefficient (Wildman–Crippen LogP) is 2.76. The molecule has 0 bridgehead atoms. The Morgan fingerprint density at radius 3 is 2.45 bits per heavy atom. The number of nitrogens with zero attached hydrogens (tertiary/aromatic N) is 2. The molecule has 2 fully saturated rings. The first kappa shape index (κ1) is 23.5. The third kappa shape index (κ3) is 4.70. The highest BCUT2D eigenvalue weighted by Gasteiger charge is 2.31. The molecule has 33 heavy (non-hydrogen) atoms. The number of carbonyl (C=O) groups is 2. The number of hydrogen-bond acceptors (Lipinski definition) is 5. The van der Waals surface area contributed by atoms with Gasteiger partial charge in [0.2, 0.25) is 5.91 Å². The fourth-order valence-corrected chi connectivity index (χ4v) is 5.59. The van der Waals surface area contributed by atoms with Gasteiger partial charge in [0.1, 0.15) is 5.82 Å². The highest BCUT2D eigenvalue weighted by molar-refractivity contribution is 7.90. The second-order valence-electron chi connectivity index (χ2n) is 8.49. The van der Waals surface area contributed by atoms with Crippen molar-refractivity contribution in [3.05, 3.63) is 57.9 Å². The van der Waals surface area contributed by atoms with E-state index < -0.39 is 21.7 Å². The van der Waals surface area contributed by atoms with Crippen molar-refractivity contribution in [1.29, 1.82) is 0 Å². The number of rotatable bonds is 4. The molecule has 7 nitrogen and oxygen atoms in total. The molecule has 0 aliphatic carbocycles. The van der Waals surface area contributed by atoms with Crippen LogP contribution in [-0.4, -0.2) is 64.1 Å².